The minimum absolute atomic E-state index is 0.119. The number of sulfonamides is 1. The first-order valence-electron chi connectivity index (χ1n) is 8.54. The van der Waals surface area contributed by atoms with E-state index >= 15 is 0 Å². The molecule has 146 valence electrons. The predicted octanol–water partition coefficient (Wildman–Crippen LogP) is 1.88. The molecule has 8 nitrogen and oxygen atoms in total. The third-order valence-corrected chi connectivity index (χ3v) is 5.34. The number of carbonyl (C=O) groups is 2. The summed E-state index contributed by atoms with van der Waals surface area (Å²) in [5.41, 5.74) is 1.22. The lowest BCUT2D eigenvalue weighted by Crippen LogP contribution is -2.34. The van der Waals surface area contributed by atoms with Gasteiger partial charge in [-0.15, -0.1) is 4.40 Å². The van der Waals surface area contributed by atoms with Crippen LogP contribution < -0.4 is 5.32 Å². The number of ether oxygens (including phenoxy) is 1. The molecule has 2 aromatic carbocycles. The van der Waals surface area contributed by atoms with Crippen LogP contribution in [0.2, 0.25) is 0 Å². The van der Waals surface area contributed by atoms with E-state index in [-0.39, 0.29) is 29.8 Å². The highest BCUT2D eigenvalue weighted by molar-refractivity contribution is 7.90. The fourth-order valence-electron chi connectivity index (χ4n) is 2.79. The third-order valence-electron chi connectivity index (χ3n) is 4.01. The first-order chi connectivity index (χ1) is 13.3. The summed E-state index contributed by atoms with van der Waals surface area (Å²) in [5.74, 6) is -0.642. The van der Waals surface area contributed by atoms with Gasteiger partial charge in [-0.3, -0.25) is 4.79 Å². The Bertz CT molecular complexity index is 1060. The van der Waals surface area contributed by atoms with E-state index in [1.165, 1.54) is 17.0 Å². The van der Waals surface area contributed by atoms with Gasteiger partial charge in [0.25, 0.3) is 10.0 Å². The Morgan fingerprint density at radius 2 is 1.89 bits per heavy atom. The lowest BCUT2D eigenvalue weighted by molar-refractivity contribution is -0.116. The smallest absolute Gasteiger partial charge is 0.338 e. The van der Waals surface area contributed by atoms with Crippen LogP contribution in [0.1, 0.15) is 22.8 Å². The number of esters is 1. The molecule has 2 aromatic rings. The zero-order valence-electron chi connectivity index (χ0n) is 15.4. The van der Waals surface area contributed by atoms with Gasteiger partial charge in [0.15, 0.2) is 5.84 Å². The summed E-state index contributed by atoms with van der Waals surface area (Å²) >= 11 is 0. The van der Waals surface area contributed by atoms with Crippen LogP contribution in [-0.4, -0.2) is 51.2 Å². The molecule has 0 bridgehead atoms. The van der Waals surface area contributed by atoms with Crippen molar-refractivity contribution in [2.75, 3.05) is 25.5 Å². The normalized spacial score (nSPS) is 14.0. The van der Waals surface area contributed by atoms with Crippen molar-refractivity contribution in [2.45, 2.75) is 11.8 Å². The van der Waals surface area contributed by atoms with Gasteiger partial charge < -0.3 is 15.0 Å². The predicted molar refractivity (Wildman–Crippen MR) is 104 cm³/mol. The number of fused-ring (bicyclic) bond motifs is 1. The van der Waals surface area contributed by atoms with E-state index in [4.69, 9.17) is 4.74 Å². The van der Waals surface area contributed by atoms with Gasteiger partial charge in [-0.1, -0.05) is 18.2 Å². The Hall–Kier alpha value is -3.20. The van der Waals surface area contributed by atoms with E-state index in [2.05, 4.69) is 9.71 Å². The van der Waals surface area contributed by atoms with E-state index in [1.807, 2.05) is 0 Å². The standard InChI is InChI=1S/C19H19N3O5S/c1-3-27-19(24)13-7-6-8-14(11-13)20-17(23)12-22(2)18-15-9-4-5-10-16(15)28(25,26)21-18/h4-11H,3,12H2,1-2H3,(H,20,23). The Kier molecular flexibility index (Phi) is 5.46. The summed E-state index contributed by atoms with van der Waals surface area (Å²) < 4.78 is 33.0. The van der Waals surface area contributed by atoms with Gasteiger partial charge in [-0.2, -0.15) is 8.42 Å². The van der Waals surface area contributed by atoms with Crippen LogP contribution in [-0.2, 0) is 19.6 Å². The van der Waals surface area contributed by atoms with Crippen molar-refractivity contribution >= 4 is 33.4 Å². The topological polar surface area (TPSA) is 105 Å². The van der Waals surface area contributed by atoms with E-state index in [0.717, 1.165) is 0 Å². The highest BCUT2D eigenvalue weighted by Crippen LogP contribution is 2.26. The molecule has 1 aliphatic rings. The average Bonchev–Trinajstić information content (AvgIpc) is 2.94. The maximum atomic E-state index is 12.4. The van der Waals surface area contributed by atoms with Crippen molar-refractivity contribution in [3.63, 3.8) is 0 Å². The summed E-state index contributed by atoms with van der Waals surface area (Å²) in [4.78, 5) is 25.8. The fourth-order valence-corrected chi connectivity index (χ4v) is 4.04. The largest absolute Gasteiger partial charge is 0.462 e. The molecule has 0 radical (unpaired) electrons. The molecule has 1 amide bonds. The minimum Gasteiger partial charge on any atom is -0.462 e. The lowest BCUT2D eigenvalue weighted by Gasteiger charge is -2.18. The molecule has 0 fully saturated rings. The molecular weight excluding hydrogens is 382 g/mol. The molecule has 0 aromatic heterocycles. The first kappa shape index (κ1) is 19.6. The van der Waals surface area contributed by atoms with Gasteiger partial charge in [0.05, 0.1) is 18.7 Å². The van der Waals surface area contributed by atoms with Crippen molar-refractivity contribution in [1.82, 2.24) is 4.90 Å². The Labute approximate surface area is 162 Å². The maximum Gasteiger partial charge on any atom is 0.338 e. The molecule has 0 atom stereocenters. The summed E-state index contributed by atoms with van der Waals surface area (Å²) in [6, 6.07) is 12.9. The molecule has 9 heteroatoms. The Morgan fingerprint density at radius 1 is 1.14 bits per heavy atom. The van der Waals surface area contributed by atoms with Crippen LogP contribution in [0.15, 0.2) is 57.8 Å². The number of nitrogens with one attached hydrogen (secondary N) is 1. The van der Waals surface area contributed by atoms with Gasteiger partial charge in [-0.25, -0.2) is 4.79 Å². The Balaban J connectivity index is 1.71. The number of benzene rings is 2. The molecule has 0 spiro atoms. The van der Waals surface area contributed by atoms with Crippen LogP contribution in [0.25, 0.3) is 0 Å². The number of amides is 1. The van der Waals surface area contributed by atoms with Crippen LogP contribution in [0, 0.1) is 0 Å². The maximum absolute atomic E-state index is 12.4. The lowest BCUT2D eigenvalue weighted by atomic mass is 10.2. The molecule has 0 saturated carbocycles. The quantitative estimate of drug-likeness (QED) is 0.767. The number of carbonyl (C=O) groups excluding carboxylic acids is 2. The van der Waals surface area contributed by atoms with Gasteiger partial charge in [-0.05, 0) is 37.3 Å². The number of nitrogens with zero attached hydrogens (tertiary/aromatic N) is 2. The first-order valence-corrected chi connectivity index (χ1v) is 9.98. The minimum atomic E-state index is -3.75. The highest BCUT2D eigenvalue weighted by Gasteiger charge is 2.30. The number of hydrogen-bond donors (Lipinski definition) is 1. The molecule has 28 heavy (non-hydrogen) atoms. The van der Waals surface area contributed by atoms with Crippen LogP contribution in [0.3, 0.4) is 0 Å². The summed E-state index contributed by atoms with van der Waals surface area (Å²) in [7, 11) is -2.16. The SMILES string of the molecule is CCOC(=O)c1cccc(NC(=O)CN(C)C2=NS(=O)(=O)c3ccccc32)c1. The second-order valence-electron chi connectivity index (χ2n) is 6.09. The third kappa shape index (κ3) is 4.04. The van der Waals surface area contributed by atoms with Crippen molar-refractivity contribution in [2.24, 2.45) is 4.40 Å². The monoisotopic (exact) mass is 401 g/mol. The van der Waals surface area contributed by atoms with Crippen LogP contribution in [0.4, 0.5) is 5.69 Å². The molecule has 0 saturated heterocycles. The molecule has 1 heterocycles. The van der Waals surface area contributed by atoms with Gasteiger partial charge in [0.1, 0.15) is 4.90 Å². The molecular formula is C19H19N3O5S. The van der Waals surface area contributed by atoms with Crippen molar-refractivity contribution in [3.05, 3.63) is 59.7 Å². The Morgan fingerprint density at radius 3 is 2.64 bits per heavy atom. The van der Waals surface area contributed by atoms with Gasteiger partial charge in [0.2, 0.25) is 5.91 Å². The van der Waals surface area contributed by atoms with E-state index in [9.17, 15) is 18.0 Å². The molecule has 0 unspecified atom stereocenters. The zero-order chi connectivity index (χ0) is 20.3. The van der Waals surface area contributed by atoms with E-state index in [1.54, 1.807) is 50.4 Å². The number of likely N-dealkylation sites (N-methyl/N-ethyl adjacent to an activating group) is 1. The number of anilines is 1. The fraction of sp³-hybridized carbons (Fsp3) is 0.211. The van der Waals surface area contributed by atoms with Crippen molar-refractivity contribution in [1.29, 1.82) is 0 Å². The summed E-state index contributed by atoms with van der Waals surface area (Å²) in [6.45, 7) is 1.85. The van der Waals surface area contributed by atoms with Gasteiger partial charge in [0, 0.05) is 18.3 Å². The number of amidine groups is 1. The van der Waals surface area contributed by atoms with Crippen LogP contribution >= 0.6 is 0 Å². The summed E-state index contributed by atoms with van der Waals surface area (Å²) in [5, 5.41) is 2.69. The van der Waals surface area contributed by atoms with E-state index < -0.39 is 16.0 Å². The van der Waals surface area contributed by atoms with Crippen molar-refractivity contribution in [3.8, 4) is 0 Å². The second kappa shape index (κ2) is 7.81. The number of rotatable bonds is 5. The summed E-state index contributed by atoms with van der Waals surface area (Å²) in [6.07, 6.45) is 0. The number of hydrogen-bond acceptors (Lipinski definition) is 6. The average molecular weight is 401 g/mol. The zero-order valence-corrected chi connectivity index (χ0v) is 16.2. The molecule has 3 rings (SSSR count). The molecule has 0 aliphatic carbocycles. The molecule has 1 aliphatic heterocycles. The van der Waals surface area contributed by atoms with Crippen LogP contribution in [0.5, 0.6) is 0 Å². The highest BCUT2D eigenvalue weighted by atomic mass is 32.2. The second-order valence-corrected chi connectivity index (χ2v) is 7.66. The van der Waals surface area contributed by atoms with Crippen molar-refractivity contribution < 1.29 is 22.7 Å². The van der Waals surface area contributed by atoms with E-state index in [0.29, 0.717) is 16.8 Å². The molecule has 1 N–H and O–H groups in total. The van der Waals surface area contributed by atoms with Gasteiger partial charge >= 0.3 is 5.97 Å².